The number of amides is 1. The van der Waals surface area contributed by atoms with Gasteiger partial charge in [0.25, 0.3) is 0 Å². The van der Waals surface area contributed by atoms with Gasteiger partial charge in [0.2, 0.25) is 0 Å². The third-order valence-electron chi connectivity index (χ3n) is 2.32. The third kappa shape index (κ3) is 11.5. The summed E-state index contributed by atoms with van der Waals surface area (Å²) < 4.78 is 5.12. The highest BCUT2D eigenvalue weighted by atomic mass is 16.6. The Labute approximate surface area is 105 Å². The minimum Gasteiger partial charge on any atom is -0.444 e. The summed E-state index contributed by atoms with van der Waals surface area (Å²) in [4.78, 5) is 11.4. The third-order valence-corrected chi connectivity index (χ3v) is 2.32. The maximum absolute atomic E-state index is 11.4. The zero-order valence-electron chi connectivity index (χ0n) is 11.7. The van der Waals surface area contributed by atoms with Gasteiger partial charge in [-0.25, -0.2) is 4.79 Å². The maximum atomic E-state index is 11.4. The minimum atomic E-state index is -0.467. The van der Waals surface area contributed by atoms with Crippen LogP contribution in [0.25, 0.3) is 0 Å². The van der Waals surface area contributed by atoms with E-state index >= 15 is 0 Å². The zero-order chi connectivity index (χ0) is 13.3. The first-order chi connectivity index (χ1) is 7.85. The quantitative estimate of drug-likeness (QED) is 0.534. The molecule has 0 aliphatic carbocycles. The van der Waals surface area contributed by atoms with Gasteiger partial charge in [-0.2, -0.15) is 0 Å². The molecule has 0 aromatic carbocycles. The van der Waals surface area contributed by atoms with E-state index in [9.17, 15) is 4.79 Å². The molecular formula is C13H28N2O2. The largest absolute Gasteiger partial charge is 0.444 e. The summed E-state index contributed by atoms with van der Waals surface area (Å²) in [5.74, 6) is 0. The Kier molecular flexibility index (Phi) is 7.96. The summed E-state index contributed by atoms with van der Waals surface area (Å²) in [6, 6.07) is 0. The van der Waals surface area contributed by atoms with Crippen molar-refractivity contribution in [3.05, 3.63) is 0 Å². The van der Waals surface area contributed by atoms with Crippen molar-refractivity contribution < 1.29 is 9.53 Å². The van der Waals surface area contributed by atoms with Crippen molar-refractivity contribution in [1.82, 2.24) is 5.32 Å². The molecule has 0 saturated heterocycles. The Morgan fingerprint density at radius 3 is 2.35 bits per heavy atom. The average Bonchev–Trinajstić information content (AvgIpc) is 2.14. The van der Waals surface area contributed by atoms with E-state index in [2.05, 4.69) is 12.2 Å². The second kappa shape index (κ2) is 8.34. The number of rotatable bonds is 7. The summed E-state index contributed by atoms with van der Waals surface area (Å²) in [6.45, 7) is 7.70. The van der Waals surface area contributed by atoms with Crippen LogP contribution in [0.15, 0.2) is 0 Å². The van der Waals surface area contributed by atoms with E-state index in [4.69, 9.17) is 10.5 Å². The van der Waals surface area contributed by atoms with Gasteiger partial charge < -0.3 is 15.8 Å². The Balaban J connectivity index is 3.57. The van der Waals surface area contributed by atoms with E-state index in [1.807, 2.05) is 20.8 Å². The second-order valence-electron chi connectivity index (χ2n) is 5.46. The van der Waals surface area contributed by atoms with Gasteiger partial charge in [-0.15, -0.1) is 0 Å². The molecule has 0 aromatic rings. The van der Waals surface area contributed by atoms with E-state index in [1.54, 1.807) is 0 Å². The minimum absolute atomic E-state index is 0.300. The fourth-order valence-electron chi connectivity index (χ4n) is 1.50. The molecule has 0 radical (unpaired) electrons. The lowest BCUT2D eigenvalue weighted by Gasteiger charge is -2.21. The molecule has 0 aliphatic rings. The van der Waals surface area contributed by atoms with E-state index < -0.39 is 11.7 Å². The van der Waals surface area contributed by atoms with Gasteiger partial charge in [0.15, 0.2) is 0 Å². The summed E-state index contributed by atoms with van der Waals surface area (Å²) in [6.07, 6.45) is 6.06. The lowest BCUT2D eigenvalue weighted by atomic mass is 10.1. The molecule has 4 nitrogen and oxygen atoms in total. The Morgan fingerprint density at radius 2 is 1.82 bits per heavy atom. The summed E-state index contributed by atoms with van der Waals surface area (Å²) >= 11 is 0. The molecule has 17 heavy (non-hydrogen) atoms. The smallest absolute Gasteiger partial charge is 0.408 e. The SMILES string of the molecule is CCCCCCCC(N)NC(=O)OC(C)(C)C. The highest BCUT2D eigenvalue weighted by Gasteiger charge is 2.17. The first-order valence-electron chi connectivity index (χ1n) is 6.60. The number of alkyl carbamates (subject to hydrolysis) is 1. The van der Waals surface area contributed by atoms with E-state index in [1.165, 1.54) is 25.7 Å². The van der Waals surface area contributed by atoms with E-state index in [0.717, 1.165) is 12.8 Å². The van der Waals surface area contributed by atoms with Crippen molar-refractivity contribution in [1.29, 1.82) is 0 Å². The molecule has 1 unspecified atom stereocenters. The monoisotopic (exact) mass is 244 g/mol. The van der Waals surface area contributed by atoms with Gasteiger partial charge in [0, 0.05) is 0 Å². The van der Waals surface area contributed by atoms with Gasteiger partial charge in [0.1, 0.15) is 5.60 Å². The molecular weight excluding hydrogens is 216 g/mol. The first kappa shape index (κ1) is 16.2. The Bertz CT molecular complexity index is 212. The molecule has 0 aromatic heterocycles. The van der Waals surface area contributed by atoms with Crippen LogP contribution in [-0.4, -0.2) is 17.9 Å². The number of nitrogens with two attached hydrogens (primary N) is 1. The van der Waals surface area contributed by atoms with Gasteiger partial charge in [0.05, 0.1) is 6.17 Å². The first-order valence-corrected chi connectivity index (χ1v) is 6.60. The van der Waals surface area contributed by atoms with Crippen LogP contribution in [0.2, 0.25) is 0 Å². The second-order valence-corrected chi connectivity index (χ2v) is 5.46. The molecule has 3 N–H and O–H groups in total. The molecule has 0 heterocycles. The lowest BCUT2D eigenvalue weighted by Crippen LogP contribution is -2.44. The van der Waals surface area contributed by atoms with Crippen molar-refractivity contribution >= 4 is 6.09 Å². The number of unbranched alkanes of at least 4 members (excludes halogenated alkanes) is 4. The fourth-order valence-corrected chi connectivity index (χ4v) is 1.50. The fraction of sp³-hybridized carbons (Fsp3) is 0.923. The van der Waals surface area contributed by atoms with Gasteiger partial charge in [-0.3, -0.25) is 0 Å². The van der Waals surface area contributed by atoms with Crippen LogP contribution in [0.5, 0.6) is 0 Å². The molecule has 4 heteroatoms. The van der Waals surface area contributed by atoms with Crippen LogP contribution >= 0.6 is 0 Å². The van der Waals surface area contributed by atoms with Crippen LogP contribution in [0.1, 0.15) is 66.2 Å². The van der Waals surface area contributed by atoms with Crippen LogP contribution in [0.4, 0.5) is 4.79 Å². The van der Waals surface area contributed by atoms with Crippen LogP contribution in [0.3, 0.4) is 0 Å². The average molecular weight is 244 g/mol. The predicted octanol–water partition coefficient (Wildman–Crippen LogP) is 3.16. The molecule has 0 fully saturated rings. The molecule has 1 amide bonds. The molecule has 102 valence electrons. The molecule has 0 saturated carbocycles. The predicted molar refractivity (Wildman–Crippen MR) is 70.7 cm³/mol. The summed E-state index contributed by atoms with van der Waals surface area (Å²) in [7, 11) is 0. The highest BCUT2D eigenvalue weighted by molar-refractivity contribution is 5.67. The molecule has 0 aliphatic heterocycles. The van der Waals surface area contributed by atoms with E-state index in [0.29, 0.717) is 0 Å². The summed E-state index contributed by atoms with van der Waals surface area (Å²) in [5.41, 5.74) is 5.33. The van der Waals surface area contributed by atoms with E-state index in [-0.39, 0.29) is 6.17 Å². The molecule has 0 spiro atoms. The Hall–Kier alpha value is -0.770. The number of hydrogen-bond acceptors (Lipinski definition) is 3. The van der Waals surface area contributed by atoms with Crippen molar-refractivity contribution in [3.8, 4) is 0 Å². The van der Waals surface area contributed by atoms with Crippen molar-refractivity contribution in [3.63, 3.8) is 0 Å². The highest BCUT2D eigenvalue weighted by Crippen LogP contribution is 2.08. The zero-order valence-corrected chi connectivity index (χ0v) is 11.7. The van der Waals surface area contributed by atoms with Crippen LogP contribution in [0, 0.1) is 0 Å². The van der Waals surface area contributed by atoms with Crippen molar-refractivity contribution in [2.75, 3.05) is 0 Å². The topological polar surface area (TPSA) is 64.3 Å². The van der Waals surface area contributed by atoms with Crippen LogP contribution < -0.4 is 11.1 Å². The standard InChI is InChI=1S/C13H28N2O2/c1-5-6-7-8-9-10-11(14)15-12(16)17-13(2,3)4/h11H,5-10,14H2,1-4H3,(H,15,16). The maximum Gasteiger partial charge on any atom is 0.408 e. The molecule has 0 bridgehead atoms. The number of carbonyl (C=O) groups excluding carboxylic acids is 1. The van der Waals surface area contributed by atoms with Gasteiger partial charge >= 0.3 is 6.09 Å². The molecule has 0 rings (SSSR count). The van der Waals surface area contributed by atoms with Gasteiger partial charge in [-0.05, 0) is 27.2 Å². The van der Waals surface area contributed by atoms with Crippen LogP contribution in [-0.2, 0) is 4.74 Å². The number of hydrogen-bond donors (Lipinski definition) is 2. The normalized spacial score (nSPS) is 13.2. The molecule has 1 atom stereocenters. The summed E-state index contributed by atoms with van der Waals surface area (Å²) in [5, 5.41) is 2.64. The van der Waals surface area contributed by atoms with Crippen molar-refractivity contribution in [2.24, 2.45) is 5.73 Å². The lowest BCUT2D eigenvalue weighted by molar-refractivity contribution is 0.0503. The number of ether oxygens (including phenoxy) is 1. The van der Waals surface area contributed by atoms with Gasteiger partial charge in [-0.1, -0.05) is 39.0 Å². The Morgan fingerprint density at radius 1 is 1.24 bits per heavy atom. The number of carbonyl (C=O) groups is 1. The number of nitrogens with one attached hydrogen (secondary N) is 1. The van der Waals surface area contributed by atoms with Crippen molar-refractivity contribution in [2.45, 2.75) is 78.0 Å².